The number of sulfonamides is 1. The lowest BCUT2D eigenvalue weighted by atomic mass is 10.1. The molecule has 0 fully saturated rings. The van der Waals surface area contributed by atoms with Gasteiger partial charge in [0.25, 0.3) is 5.91 Å². The summed E-state index contributed by atoms with van der Waals surface area (Å²) < 4.78 is 33.1. The maximum absolute atomic E-state index is 12.6. The van der Waals surface area contributed by atoms with Gasteiger partial charge in [-0.3, -0.25) is 4.79 Å². The quantitative estimate of drug-likeness (QED) is 0.659. The molecule has 3 rings (SSSR count). The van der Waals surface area contributed by atoms with Crippen LogP contribution in [-0.4, -0.2) is 24.8 Å². The third-order valence-corrected chi connectivity index (χ3v) is 5.92. The Morgan fingerprint density at radius 3 is 2.54 bits per heavy atom. The number of nitrogens with zero attached hydrogens (tertiary/aromatic N) is 1. The molecule has 0 atom stereocenters. The Morgan fingerprint density at radius 2 is 1.86 bits per heavy atom. The fourth-order valence-corrected chi connectivity index (χ4v) is 4.58. The monoisotopic (exact) mass is 421 g/mol. The van der Waals surface area contributed by atoms with Gasteiger partial charge in [0.2, 0.25) is 10.0 Å². The summed E-state index contributed by atoms with van der Waals surface area (Å²) in [6, 6.07) is 9.17. The number of anilines is 1. The van der Waals surface area contributed by atoms with Crippen molar-refractivity contribution < 1.29 is 17.6 Å². The molecule has 0 unspecified atom stereocenters. The van der Waals surface area contributed by atoms with E-state index < -0.39 is 21.5 Å². The van der Waals surface area contributed by atoms with Crippen LogP contribution in [0.4, 0.5) is 5.69 Å². The molecule has 9 heteroatoms. The molecule has 3 aromatic rings. The number of nitrogens with one attached hydrogen (secondary N) is 2. The van der Waals surface area contributed by atoms with Gasteiger partial charge in [-0.05, 0) is 57.2 Å². The van der Waals surface area contributed by atoms with Crippen LogP contribution in [0.3, 0.4) is 0 Å². The second-order valence-electron chi connectivity index (χ2n) is 7.37. The minimum Gasteiger partial charge on any atom is -0.441 e. The van der Waals surface area contributed by atoms with E-state index in [-0.39, 0.29) is 15.5 Å². The molecule has 0 radical (unpaired) electrons. The lowest BCUT2D eigenvalue weighted by molar-refractivity contribution is 0.102. The maximum Gasteiger partial charge on any atom is 0.255 e. The van der Waals surface area contributed by atoms with Crippen LogP contribution >= 0.6 is 11.6 Å². The van der Waals surface area contributed by atoms with E-state index in [0.29, 0.717) is 22.7 Å². The van der Waals surface area contributed by atoms with E-state index in [0.717, 1.165) is 0 Å². The Balaban J connectivity index is 1.89. The summed E-state index contributed by atoms with van der Waals surface area (Å²) in [6.45, 7) is 6.89. The minimum atomic E-state index is -3.89. The number of benzene rings is 2. The number of carbonyl (C=O) groups is 1. The Bertz CT molecular complexity index is 1160. The van der Waals surface area contributed by atoms with E-state index in [1.165, 1.54) is 18.2 Å². The third kappa shape index (κ3) is 4.52. The molecule has 28 heavy (non-hydrogen) atoms. The summed E-state index contributed by atoms with van der Waals surface area (Å²) in [4.78, 5) is 16.7. The minimum absolute atomic E-state index is 0.0350. The van der Waals surface area contributed by atoms with Crippen LogP contribution < -0.4 is 10.0 Å². The summed E-state index contributed by atoms with van der Waals surface area (Å²) in [5.41, 5.74) is 1.21. The van der Waals surface area contributed by atoms with Crippen LogP contribution in [0.1, 0.15) is 37.0 Å². The molecule has 0 saturated carbocycles. The van der Waals surface area contributed by atoms with Crippen LogP contribution in [0, 0.1) is 6.92 Å². The molecule has 0 aliphatic heterocycles. The Hall–Kier alpha value is -2.42. The fraction of sp³-hybridized carbons (Fsp3) is 0.263. The van der Waals surface area contributed by atoms with E-state index in [9.17, 15) is 13.2 Å². The first-order valence-corrected chi connectivity index (χ1v) is 10.3. The SMILES string of the molecule is Cc1nc2cc(NC(=O)c3ccc(Cl)c(S(=O)(=O)NC(C)(C)C)c3)ccc2o1. The predicted molar refractivity (Wildman–Crippen MR) is 108 cm³/mol. The topological polar surface area (TPSA) is 101 Å². The number of aryl methyl sites for hydroxylation is 1. The predicted octanol–water partition coefficient (Wildman–Crippen LogP) is 4.12. The first kappa shape index (κ1) is 20.3. The molecule has 2 N–H and O–H groups in total. The normalized spacial score (nSPS) is 12.3. The Kier molecular flexibility index (Phi) is 5.22. The highest BCUT2D eigenvalue weighted by Gasteiger charge is 2.25. The highest BCUT2D eigenvalue weighted by molar-refractivity contribution is 7.89. The van der Waals surface area contributed by atoms with E-state index >= 15 is 0 Å². The van der Waals surface area contributed by atoms with Gasteiger partial charge in [0, 0.05) is 23.7 Å². The van der Waals surface area contributed by atoms with Crippen molar-refractivity contribution in [2.24, 2.45) is 0 Å². The fourth-order valence-electron chi connectivity index (χ4n) is 2.63. The van der Waals surface area contributed by atoms with Gasteiger partial charge >= 0.3 is 0 Å². The zero-order valence-electron chi connectivity index (χ0n) is 15.8. The third-order valence-electron chi connectivity index (χ3n) is 3.68. The van der Waals surface area contributed by atoms with Crippen LogP contribution in [-0.2, 0) is 10.0 Å². The summed E-state index contributed by atoms with van der Waals surface area (Å²) in [5, 5.41) is 2.76. The van der Waals surface area contributed by atoms with Gasteiger partial charge in [0.05, 0.1) is 5.02 Å². The number of rotatable bonds is 4. The number of carbonyl (C=O) groups excluding carboxylic acids is 1. The van der Waals surface area contributed by atoms with Gasteiger partial charge < -0.3 is 9.73 Å². The molecule has 7 nitrogen and oxygen atoms in total. The van der Waals surface area contributed by atoms with Crippen molar-refractivity contribution in [1.29, 1.82) is 0 Å². The van der Waals surface area contributed by atoms with Gasteiger partial charge in [-0.25, -0.2) is 18.1 Å². The average molecular weight is 422 g/mol. The average Bonchev–Trinajstić information content (AvgIpc) is 2.92. The first-order chi connectivity index (χ1) is 12.9. The number of halogens is 1. The maximum atomic E-state index is 12.6. The number of aromatic nitrogens is 1. The molecular weight excluding hydrogens is 402 g/mol. The molecule has 1 heterocycles. The van der Waals surface area contributed by atoms with Gasteiger partial charge in [-0.15, -0.1) is 0 Å². The Morgan fingerprint density at radius 1 is 1.14 bits per heavy atom. The highest BCUT2D eigenvalue weighted by Crippen LogP contribution is 2.25. The summed E-state index contributed by atoms with van der Waals surface area (Å²) in [7, 11) is -3.89. The largest absolute Gasteiger partial charge is 0.441 e. The van der Waals surface area contributed by atoms with Crippen molar-refractivity contribution in [1.82, 2.24) is 9.71 Å². The Labute approximate surface area is 168 Å². The van der Waals surface area contributed by atoms with Crippen LogP contribution in [0.2, 0.25) is 5.02 Å². The molecule has 148 valence electrons. The molecule has 1 aromatic heterocycles. The van der Waals surface area contributed by atoms with Crippen LogP contribution in [0.15, 0.2) is 45.7 Å². The van der Waals surface area contributed by atoms with Gasteiger partial charge in [0.1, 0.15) is 10.4 Å². The number of oxazole rings is 1. The van der Waals surface area contributed by atoms with E-state index in [1.54, 1.807) is 45.9 Å². The highest BCUT2D eigenvalue weighted by atomic mass is 35.5. The van der Waals surface area contributed by atoms with Gasteiger partial charge in [-0.1, -0.05) is 11.6 Å². The van der Waals surface area contributed by atoms with E-state index in [1.807, 2.05) is 0 Å². The zero-order chi connectivity index (χ0) is 20.7. The second-order valence-corrected chi connectivity index (χ2v) is 9.43. The molecule has 2 aromatic carbocycles. The van der Waals surface area contributed by atoms with Gasteiger partial charge in [-0.2, -0.15) is 0 Å². The van der Waals surface area contributed by atoms with Crippen molar-refractivity contribution in [2.45, 2.75) is 38.1 Å². The van der Waals surface area contributed by atoms with Crippen molar-refractivity contribution in [3.8, 4) is 0 Å². The molecular formula is C19H20ClN3O4S. The van der Waals surface area contributed by atoms with Crippen LogP contribution in [0.5, 0.6) is 0 Å². The van der Waals surface area contributed by atoms with Crippen LogP contribution in [0.25, 0.3) is 11.1 Å². The van der Waals surface area contributed by atoms with Crippen molar-refractivity contribution >= 4 is 44.3 Å². The van der Waals surface area contributed by atoms with Gasteiger partial charge in [0.15, 0.2) is 11.5 Å². The summed E-state index contributed by atoms with van der Waals surface area (Å²) in [5.74, 6) is 0.0563. The molecule has 0 bridgehead atoms. The van der Waals surface area contributed by atoms with E-state index in [4.69, 9.17) is 16.0 Å². The summed E-state index contributed by atoms with van der Waals surface area (Å²) >= 11 is 6.07. The molecule has 0 aliphatic carbocycles. The summed E-state index contributed by atoms with van der Waals surface area (Å²) in [6.07, 6.45) is 0. The standard InChI is InChI=1S/C19H20ClN3O4S/c1-11-21-15-10-13(6-8-16(15)27-11)22-18(24)12-5-7-14(20)17(9-12)28(25,26)23-19(2,3)4/h5-10,23H,1-4H3,(H,22,24). The lowest BCUT2D eigenvalue weighted by Gasteiger charge is -2.21. The zero-order valence-corrected chi connectivity index (χ0v) is 17.4. The molecule has 0 saturated heterocycles. The van der Waals surface area contributed by atoms with E-state index in [2.05, 4.69) is 15.0 Å². The first-order valence-electron chi connectivity index (χ1n) is 8.47. The lowest BCUT2D eigenvalue weighted by Crippen LogP contribution is -2.40. The van der Waals surface area contributed by atoms with Crippen molar-refractivity contribution in [3.05, 3.63) is 52.9 Å². The number of fused-ring (bicyclic) bond motifs is 1. The molecule has 0 aliphatic rings. The van der Waals surface area contributed by atoms with Crippen molar-refractivity contribution in [3.63, 3.8) is 0 Å². The second kappa shape index (κ2) is 7.20. The molecule has 0 spiro atoms. The number of hydrogen-bond donors (Lipinski definition) is 2. The number of hydrogen-bond acceptors (Lipinski definition) is 5. The molecule has 1 amide bonds. The number of amides is 1. The smallest absolute Gasteiger partial charge is 0.255 e. The van der Waals surface area contributed by atoms with Crippen molar-refractivity contribution in [2.75, 3.05) is 5.32 Å².